The van der Waals surface area contributed by atoms with E-state index in [-0.39, 0.29) is 45.8 Å². The van der Waals surface area contributed by atoms with Crippen molar-refractivity contribution in [3.8, 4) is 22.6 Å². The first-order chi connectivity index (χ1) is 19.2. The van der Waals surface area contributed by atoms with E-state index in [1.165, 1.54) is 32.3 Å². The number of hydrogen-bond donors (Lipinski definition) is 2. The lowest BCUT2D eigenvalue weighted by atomic mass is 9.96. The molecule has 9 nitrogen and oxygen atoms in total. The first-order valence-electron chi connectivity index (χ1n) is 12.2. The third-order valence-electron chi connectivity index (χ3n) is 6.87. The number of alkyl halides is 5. The maximum absolute atomic E-state index is 15.2. The molecule has 0 aliphatic carbocycles. The Morgan fingerprint density at radius 1 is 1.12 bits per heavy atom. The smallest absolute Gasteiger partial charge is 0.430 e. The summed E-state index contributed by atoms with van der Waals surface area (Å²) in [6.07, 6.45) is -2.55. The molecule has 41 heavy (non-hydrogen) atoms. The van der Waals surface area contributed by atoms with Gasteiger partial charge in [-0.1, -0.05) is 0 Å². The molecule has 4 heterocycles. The number of carbonyl (C=O) groups excluding carboxylic acids is 1. The number of aliphatic hydroxyl groups is 1. The first kappa shape index (κ1) is 26.8. The number of halogens is 6. The Morgan fingerprint density at radius 3 is 2.46 bits per heavy atom. The third-order valence-corrected chi connectivity index (χ3v) is 6.87. The van der Waals surface area contributed by atoms with Crippen molar-refractivity contribution in [1.82, 2.24) is 24.8 Å². The molecule has 1 amide bonds. The summed E-state index contributed by atoms with van der Waals surface area (Å²) >= 11 is 0. The SMILES string of the molecule is CC(C)(O)c1ncc(-c2cc3c(cc2F)nc2n3[C@@H]3C[C@H]2NC(=O)c2ccc(OC(F)(F)F)c(OC(F)F)c23)cn1. The molecule has 0 radical (unpaired) electrons. The molecule has 214 valence electrons. The van der Waals surface area contributed by atoms with Gasteiger partial charge in [-0.2, -0.15) is 8.78 Å². The standard InChI is InChI=1S/C26H19F6N5O4/c1-25(2,39)23-33-8-10(9-34-23)12-5-16-14(6-13(12)27)35-21-15-7-17(37(16)21)19-11(22(38)36-15)3-4-18(41-26(30,31)32)20(19)40-24(28)29/h3-6,8-9,15,17,24,39H,7H2,1-2H3,(H,36,38)/t15-,17-/m1/s1. The van der Waals surface area contributed by atoms with Gasteiger partial charge in [0.2, 0.25) is 0 Å². The largest absolute Gasteiger partial charge is 0.573 e. The number of benzene rings is 2. The number of hydrogen-bond acceptors (Lipinski definition) is 7. The molecule has 2 aliphatic rings. The average Bonchev–Trinajstić information content (AvgIpc) is 3.34. The van der Waals surface area contributed by atoms with E-state index in [9.17, 15) is 31.9 Å². The molecule has 15 heteroatoms. The van der Waals surface area contributed by atoms with Crippen molar-refractivity contribution in [2.45, 2.75) is 50.9 Å². The lowest BCUT2D eigenvalue weighted by Crippen LogP contribution is -2.28. The topological polar surface area (TPSA) is 111 Å². The molecule has 0 spiro atoms. The van der Waals surface area contributed by atoms with Crippen molar-refractivity contribution in [3.63, 3.8) is 0 Å². The summed E-state index contributed by atoms with van der Waals surface area (Å²) in [4.78, 5) is 25.6. The minimum Gasteiger partial charge on any atom is -0.430 e. The summed E-state index contributed by atoms with van der Waals surface area (Å²) in [5.74, 6) is -3.06. The zero-order chi connectivity index (χ0) is 29.4. The fourth-order valence-electron chi connectivity index (χ4n) is 5.28. The van der Waals surface area contributed by atoms with Gasteiger partial charge >= 0.3 is 13.0 Å². The monoisotopic (exact) mass is 579 g/mol. The van der Waals surface area contributed by atoms with Gasteiger partial charge in [-0.3, -0.25) is 4.79 Å². The molecule has 0 unspecified atom stereocenters. The van der Waals surface area contributed by atoms with Crippen LogP contribution in [0.3, 0.4) is 0 Å². The predicted octanol–water partition coefficient (Wildman–Crippen LogP) is 5.14. The molecule has 2 aromatic carbocycles. The Morgan fingerprint density at radius 2 is 1.83 bits per heavy atom. The Balaban J connectivity index is 1.55. The van der Waals surface area contributed by atoms with E-state index in [4.69, 9.17) is 0 Å². The van der Waals surface area contributed by atoms with Gasteiger partial charge in [-0.25, -0.2) is 19.3 Å². The van der Waals surface area contributed by atoms with E-state index in [2.05, 4.69) is 29.7 Å². The highest BCUT2D eigenvalue weighted by Crippen LogP contribution is 2.51. The second-order valence-electron chi connectivity index (χ2n) is 10.1. The molecule has 0 fully saturated rings. The van der Waals surface area contributed by atoms with Gasteiger partial charge in [-0.05, 0) is 38.5 Å². The molecule has 2 aromatic heterocycles. The second kappa shape index (κ2) is 9.06. The van der Waals surface area contributed by atoms with Crippen LogP contribution >= 0.6 is 0 Å². The summed E-state index contributed by atoms with van der Waals surface area (Å²) < 4.78 is 91.7. The zero-order valence-electron chi connectivity index (χ0n) is 21.1. The highest BCUT2D eigenvalue weighted by molar-refractivity contribution is 5.98. The summed E-state index contributed by atoms with van der Waals surface area (Å²) in [6.45, 7) is -0.566. The Labute approximate surface area is 226 Å². The number of imidazole rings is 1. The Hall–Kier alpha value is -4.40. The number of nitrogens with zero attached hydrogens (tertiary/aromatic N) is 4. The highest BCUT2D eigenvalue weighted by Gasteiger charge is 2.44. The van der Waals surface area contributed by atoms with Gasteiger partial charge in [0, 0.05) is 40.7 Å². The van der Waals surface area contributed by atoms with E-state index in [1.54, 1.807) is 4.57 Å². The van der Waals surface area contributed by atoms with Crippen LogP contribution in [-0.2, 0) is 5.60 Å². The number of fused-ring (bicyclic) bond motifs is 9. The van der Waals surface area contributed by atoms with Crippen molar-refractivity contribution in [2.75, 3.05) is 0 Å². The number of amides is 1. The number of aromatic nitrogens is 4. The highest BCUT2D eigenvalue weighted by atomic mass is 19.4. The van der Waals surface area contributed by atoms with Crippen LogP contribution in [0.4, 0.5) is 26.3 Å². The molecular formula is C26H19F6N5O4. The van der Waals surface area contributed by atoms with Crippen LogP contribution in [0.2, 0.25) is 0 Å². The quantitative estimate of drug-likeness (QED) is 0.315. The number of carbonyl (C=O) groups is 1. The predicted molar refractivity (Wildman–Crippen MR) is 129 cm³/mol. The minimum atomic E-state index is -5.23. The van der Waals surface area contributed by atoms with E-state index < -0.39 is 53.9 Å². The van der Waals surface area contributed by atoms with E-state index in [1.807, 2.05) is 0 Å². The molecule has 4 aromatic rings. The van der Waals surface area contributed by atoms with Gasteiger partial charge < -0.3 is 24.5 Å². The Kier molecular flexibility index (Phi) is 5.92. The van der Waals surface area contributed by atoms with Crippen LogP contribution < -0.4 is 14.8 Å². The van der Waals surface area contributed by atoms with Crippen LogP contribution in [-0.4, -0.2) is 43.5 Å². The molecule has 2 aliphatic heterocycles. The van der Waals surface area contributed by atoms with Crippen molar-refractivity contribution in [2.24, 2.45) is 0 Å². The van der Waals surface area contributed by atoms with Gasteiger partial charge in [0.05, 0.1) is 23.1 Å². The summed E-state index contributed by atoms with van der Waals surface area (Å²) in [5.41, 5.74) is -1.02. The first-order valence-corrected chi connectivity index (χ1v) is 12.2. The normalized spacial score (nSPS) is 18.2. The zero-order valence-corrected chi connectivity index (χ0v) is 21.1. The molecule has 2 N–H and O–H groups in total. The molecule has 2 atom stereocenters. The summed E-state index contributed by atoms with van der Waals surface area (Å²) in [6, 6.07) is 2.56. The third kappa shape index (κ3) is 4.59. The summed E-state index contributed by atoms with van der Waals surface area (Å²) in [7, 11) is 0. The maximum atomic E-state index is 15.2. The van der Waals surface area contributed by atoms with Crippen LogP contribution in [0.15, 0.2) is 36.7 Å². The molecule has 2 bridgehead atoms. The van der Waals surface area contributed by atoms with Crippen molar-refractivity contribution in [1.29, 1.82) is 0 Å². The van der Waals surface area contributed by atoms with E-state index >= 15 is 4.39 Å². The lowest BCUT2D eigenvalue weighted by Gasteiger charge is -2.23. The fraction of sp³-hybridized carbons (Fsp3) is 0.308. The van der Waals surface area contributed by atoms with E-state index in [0.29, 0.717) is 5.52 Å². The number of ether oxygens (including phenoxy) is 2. The molecule has 0 saturated heterocycles. The van der Waals surface area contributed by atoms with Crippen molar-refractivity contribution < 1.29 is 45.7 Å². The van der Waals surface area contributed by atoms with Crippen LogP contribution in [0.1, 0.15) is 59.9 Å². The molecule has 6 rings (SSSR count). The van der Waals surface area contributed by atoms with Gasteiger partial charge in [0.15, 0.2) is 17.3 Å². The van der Waals surface area contributed by atoms with Crippen LogP contribution in [0, 0.1) is 5.82 Å². The second-order valence-corrected chi connectivity index (χ2v) is 10.1. The average molecular weight is 579 g/mol. The van der Waals surface area contributed by atoms with Crippen molar-refractivity contribution in [3.05, 3.63) is 65.3 Å². The van der Waals surface area contributed by atoms with Crippen LogP contribution in [0.5, 0.6) is 11.5 Å². The fourth-order valence-corrected chi connectivity index (χ4v) is 5.28. The number of rotatable bonds is 5. The van der Waals surface area contributed by atoms with Gasteiger partial charge in [0.25, 0.3) is 5.91 Å². The molecular weight excluding hydrogens is 560 g/mol. The Bertz CT molecular complexity index is 1700. The minimum absolute atomic E-state index is 0.0438. The maximum Gasteiger partial charge on any atom is 0.573 e. The van der Waals surface area contributed by atoms with Crippen molar-refractivity contribution >= 4 is 16.9 Å². The van der Waals surface area contributed by atoms with Gasteiger partial charge in [-0.15, -0.1) is 13.2 Å². The number of nitrogens with one attached hydrogen (secondary N) is 1. The van der Waals surface area contributed by atoms with Crippen LogP contribution in [0.25, 0.3) is 22.2 Å². The molecule has 0 saturated carbocycles. The van der Waals surface area contributed by atoms with Gasteiger partial charge in [0.1, 0.15) is 17.2 Å². The summed E-state index contributed by atoms with van der Waals surface area (Å²) in [5, 5.41) is 12.8. The van der Waals surface area contributed by atoms with E-state index in [0.717, 1.165) is 18.2 Å². The lowest BCUT2D eigenvalue weighted by molar-refractivity contribution is -0.275.